The highest BCUT2D eigenvalue weighted by Crippen LogP contribution is 2.44. The third-order valence-corrected chi connectivity index (χ3v) is 8.65. The molecule has 0 aliphatic carbocycles. The smallest absolute Gasteiger partial charge is 0.0150 e. The van der Waals surface area contributed by atoms with Crippen molar-refractivity contribution in [3.8, 4) is 0 Å². The third-order valence-electron chi connectivity index (χ3n) is 3.36. The summed E-state index contributed by atoms with van der Waals surface area (Å²) >= 11 is 2.07. The van der Waals surface area contributed by atoms with E-state index in [0.717, 1.165) is 11.8 Å². The van der Waals surface area contributed by atoms with E-state index in [4.69, 9.17) is 0 Å². The van der Waals surface area contributed by atoms with Crippen molar-refractivity contribution < 1.29 is 0 Å². The van der Waals surface area contributed by atoms with Gasteiger partial charge in [0.25, 0.3) is 0 Å². The molecule has 0 amide bonds. The molecule has 1 aromatic heterocycles. The van der Waals surface area contributed by atoms with E-state index in [0.29, 0.717) is 11.8 Å². The Hall–Kier alpha value is 0.130. The quantitative estimate of drug-likeness (QED) is 0.510. The second-order valence-corrected chi connectivity index (χ2v) is 10.8. The van der Waals surface area contributed by atoms with Crippen molar-refractivity contribution in [2.24, 2.45) is 11.8 Å². The maximum absolute atomic E-state index is 2.56. The van der Waals surface area contributed by atoms with E-state index >= 15 is 0 Å². The summed E-state index contributed by atoms with van der Waals surface area (Å²) in [5.74, 6) is 2.96. The maximum Gasteiger partial charge on any atom is 0.0150 e. The van der Waals surface area contributed by atoms with Gasteiger partial charge >= 0.3 is 0 Å². The molecule has 2 heteroatoms. The first kappa shape index (κ1) is 18.2. The Morgan fingerprint density at radius 3 is 1.70 bits per heavy atom. The van der Waals surface area contributed by atoms with Crippen molar-refractivity contribution in [3.63, 3.8) is 0 Å². The number of rotatable bonds is 7. The van der Waals surface area contributed by atoms with Crippen molar-refractivity contribution in [3.05, 3.63) is 15.8 Å². The van der Waals surface area contributed by atoms with Crippen LogP contribution in [0.3, 0.4) is 0 Å². The fraction of sp³-hybridized carbons (Fsp3) is 0.778. The van der Waals surface area contributed by atoms with Gasteiger partial charge in [-0.15, -0.1) is 11.3 Å². The highest BCUT2D eigenvalue weighted by molar-refractivity contribution is 7.66. The van der Waals surface area contributed by atoms with Crippen molar-refractivity contribution in [2.75, 3.05) is 12.3 Å². The molecule has 0 radical (unpaired) electrons. The van der Waals surface area contributed by atoms with Gasteiger partial charge in [0.2, 0.25) is 0 Å². The second kappa shape index (κ2) is 7.95. The van der Waals surface area contributed by atoms with Gasteiger partial charge in [-0.25, -0.2) is 0 Å². The molecule has 1 heterocycles. The number of hydrogen-bond acceptors (Lipinski definition) is 1. The van der Waals surface area contributed by atoms with Gasteiger partial charge in [-0.3, -0.25) is 0 Å². The Labute approximate surface area is 132 Å². The van der Waals surface area contributed by atoms with E-state index in [1.54, 1.807) is 15.1 Å². The van der Waals surface area contributed by atoms with Gasteiger partial charge < -0.3 is 0 Å². The molecule has 0 aliphatic rings. The van der Waals surface area contributed by atoms with Crippen molar-refractivity contribution >= 4 is 24.6 Å². The number of thiophene rings is 1. The lowest BCUT2D eigenvalue weighted by Gasteiger charge is -2.23. The molecule has 0 nitrogen and oxygen atoms in total. The Morgan fingerprint density at radius 2 is 1.35 bits per heavy atom. The van der Waals surface area contributed by atoms with Crippen LogP contribution in [0.4, 0.5) is 0 Å². The molecule has 0 N–H and O–H groups in total. The monoisotopic (exact) mass is 312 g/mol. The molecule has 0 spiro atoms. The first-order valence-corrected chi connectivity index (χ1v) is 10.6. The van der Waals surface area contributed by atoms with Crippen LogP contribution in [0.5, 0.6) is 0 Å². The largest absolute Gasteiger partial charge is 0.144 e. The van der Waals surface area contributed by atoms with E-state index in [1.165, 1.54) is 12.3 Å². The highest BCUT2D eigenvalue weighted by Gasteiger charge is 2.22. The fourth-order valence-corrected chi connectivity index (χ4v) is 7.39. The van der Waals surface area contributed by atoms with Gasteiger partial charge in [0.15, 0.2) is 0 Å². The Bertz CT molecular complexity index is 392. The van der Waals surface area contributed by atoms with Crippen LogP contribution in [0.1, 0.15) is 77.0 Å². The summed E-state index contributed by atoms with van der Waals surface area (Å²) in [7, 11) is 0.0186. The molecule has 0 unspecified atom stereocenters. The van der Waals surface area contributed by atoms with Crippen molar-refractivity contribution in [1.29, 1.82) is 0 Å². The summed E-state index contributed by atoms with van der Waals surface area (Å²) < 4.78 is 0. The van der Waals surface area contributed by atoms with E-state index < -0.39 is 0 Å². The van der Waals surface area contributed by atoms with Crippen LogP contribution in [0, 0.1) is 11.8 Å². The molecule has 0 saturated heterocycles. The molecule has 20 heavy (non-hydrogen) atoms. The molecule has 0 fully saturated rings. The lowest BCUT2D eigenvalue weighted by atomic mass is 10.1. The van der Waals surface area contributed by atoms with Gasteiger partial charge in [-0.05, 0) is 47.4 Å². The van der Waals surface area contributed by atoms with Crippen LogP contribution in [0.2, 0.25) is 0 Å². The number of hydrogen-bond donors (Lipinski definition) is 0. The van der Waals surface area contributed by atoms with Gasteiger partial charge in [0, 0.05) is 9.75 Å². The van der Waals surface area contributed by atoms with E-state index in [9.17, 15) is 0 Å². The second-order valence-electron chi connectivity index (χ2n) is 7.40. The maximum atomic E-state index is 2.56. The normalized spacial score (nSPS) is 12.7. The average molecular weight is 313 g/mol. The van der Waals surface area contributed by atoms with E-state index in [1.807, 2.05) is 0 Å². The van der Waals surface area contributed by atoms with Gasteiger partial charge in [-0.1, -0.05) is 63.3 Å². The van der Waals surface area contributed by atoms with Gasteiger partial charge in [0.1, 0.15) is 0 Å². The van der Waals surface area contributed by atoms with E-state index in [2.05, 4.69) is 72.8 Å². The predicted molar refractivity (Wildman–Crippen MR) is 98.5 cm³/mol. The SMILES string of the molecule is CC(C)CP(CC(C)C)c1cc(C(C)C)sc1C(C)C. The minimum Gasteiger partial charge on any atom is -0.144 e. The molecule has 1 aromatic rings. The third kappa shape index (κ3) is 5.15. The van der Waals surface area contributed by atoms with E-state index in [-0.39, 0.29) is 7.92 Å². The van der Waals surface area contributed by atoms with Crippen LogP contribution in [-0.4, -0.2) is 12.3 Å². The molecule has 116 valence electrons. The molecule has 1 rings (SSSR count). The van der Waals surface area contributed by atoms with Crippen LogP contribution < -0.4 is 5.30 Å². The zero-order valence-corrected chi connectivity index (χ0v) is 16.4. The summed E-state index contributed by atoms with van der Waals surface area (Å²) in [5.41, 5.74) is 0. The van der Waals surface area contributed by atoms with Crippen LogP contribution in [-0.2, 0) is 0 Å². The molecular formula is C18H33PS. The summed E-state index contributed by atoms with van der Waals surface area (Å²) in [5, 5.41) is 1.73. The Kier molecular flexibility index (Phi) is 7.22. The van der Waals surface area contributed by atoms with Crippen LogP contribution >= 0.6 is 19.3 Å². The highest BCUT2D eigenvalue weighted by atomic mass is 32.1. The van der Waals surface area contributed by atoms with Crippen molar-refractivity contribution in [1.82, 2.24) is 0 Å². The first-order valence-electron chi connectivity index (χ1n) is 8.10. The average Bonchev–Trinajstić information content (AvgIpc) is 2.71. The summed E-state index contributed by atoms with van der Waals surface area (Å²) in [6.07, 6.45) is 2.78. The lowest BCUT2D eigenvalue weighted by Crippen LogP contribution is -2.14. The zero-order chi connectivity index (χ0) is 15.4. The molecule has 0 atom stereocenters. The molecule has 0 bridgehead atoms. The zero-order valence-electron chi connectivity index (χ0n) is 14.7. The fourth-order valence-electron chi connectivity index (χ4n) is 2.51. The molecule has 0 aliphatic heterocycles. The topological polar surface area (TPSA) is 0 Å². The summed E-state index contributed by atoms with van der Waals surface area (Å²) in [4.78, 5) is 3.25. The lowest BCUT2D eigenvalue weighted by molar-refractivity contribution is 0.721. The molecule has 0 aromatic carbocycles. The molecular weight excluding hydrogens is 279 g/mol. The minimum absolute atomic E-state index is 0.0186. The summed E-state index contributed by atoms with van der Waals surface area (Å²) in [6.45, 7) is 18.9. The first-order chi connectivity index (χ1) is 9.22. The summed E-state index contributed by atoms with van der Waals surface area (Å²) in [6, 6.07) is 2.56. The predicted octanol–water partition coefficient (Wildman–Crippen LogP) is 6.41. The standard InChI is InChI=1S/C18H33PS/c1-12(2)10-19(11-13(3)4)16-9-17(14(5)6)20-18(16)15(7)8/h9,12-15H,10-11H2,1-8H3. The van der Waals surface area contributed by atoms with Crippen molar-refractivity contribution in [2.45, 2.75) is 67.2 Å². The minimum atomic E-state index is 0.0186. The Balaban J connectivity index is 3.15. The van der Waals surface area contributed by atoms with Gasteiger partial charge in [-0.2, -0.15) is 0 Å². The molecule has 0 saturated carbocycles. The van der Waals surface area contributed by atoms with Crippen LogP contribution in [0.25, 0.3) is 0 Å². The Morgan fingerprint density at radius 1 is 0.850 bits per heavy atom. The van der Waals surface area contributed by atoms with Crippen LogP contribution in [0.15, 0.2) is 6.07 Å². The van der Waals surface area contributed by atoms with Gasteiger partial charge in [0.05, 0.1) is 0 Å².